The number of ether oxygens (including phenoxy) is 1. The maximum absolute atomic E-state index is 11.9. The van der Waals surface area contributed by atoms with Gasteiger partial charge in [-0.3, -0.25) is 9.59 Å². The van der Waals surface area contributed by atoms with E-state index in [-0.39, 0.29) is 17.9 Å². The number of hydrogen-bond acceptors (Lipinski definition) is 4. The maximum Gasteiger partial charge on any atom is 0.305 e. The van der Waals surface area contributed by atoms with Gasteiger partial charge in [-0.1, -0.05) is 12.2 Å². The van der Waals surface area contributed by atoms with E-state index in [1.807, 2.05) is 25.2 Å². The molecule has 0 bridgehead atoms. The van der Waals surface area contributed by atoms with Gasteiger partial charge in [-0.2, -0.15) is 0 Å². The van der Waals surface area contributed by atoms with Crippen molar-refractivity contribution in [1.82, 2.24) is 0 Å². The quantitative estimate of drug-likeness (QED) is 0.280. The normalized spacial score (nSPS) is 18.8. The Labute approximate surface area is 134 Å². The lowest BCUT2D eigenvalue weighted by Crippen LogP contribution is -2.30. The van der Waals surface area contributed by atoms with Gasteiger partial charge >= 0.3 is 5.97 Å². The molecule has 0 saturated heterocycles. The van der Waals surface area contributed by atoms with Gasteiger partial charge in [-0.15, -0.1) is 0 Å². The Morgan fingerprint density at radius 3 is 2.73 bits per heavy atom. The third kappa shape index (κ3) is 7.71. The van der Waals surface area contributed by atoms with Gasteiger partial charge in [-0.05, 0) is 57.5 Å². The average molecular weight is 324 g/mol. The molecule has 1 rings (SSSR count). The van der Waals surface area contributed by atoms with Gasteiger partial charge in [0.1, 0.15) is 0 Å². The van der Waals surface area contributed by atoms with Crippen LogP contribution in [0.2, 0.25) is 19.6 Å². The zero-order chi connectivity index (χ0) is 16.6. The van der Waals surface area contributed by atoms with E-state index in [2.05, 4.69) is 19.6 Å². The molecule has 1 aliphatic rings. The molecule has 22 heavy (non-hydrogen) atoms. The van der Waals surface area contributed by atoms with Gasteiger partial charge in [0.2, 0.25) is 0 Å². The highest BCUT2D eigenvalue weighted by molar-refractivity contribution is 6.69. The summed E-state index contributed by atoms with van der Waals surface area (Å²) in [6.45, 7) is 8.64. The van der Waals surface area contributed by atoms with Crippen molar-refractivity contribution in [3.63, 3.8) is 0 Å². The van der Waals surface area contributed by atoms with E-state index in [4.69, 9.17) is 9.16 Å². The van der Waals surface area contributed by atoms with Gasteiger partial charge < -0.3 is 9.16 Å². The molecule has 0 aromatic carbocycles. The second-order valence-electron chi connectivity index (χ2n) is 6.46. The first-order chi connectivity index (χ1) is 10.3. The monoisotopic (exact) mass is 324 g/mol. The number of carbonyl (C=O) groups is 2. The SMILES string of the molecule is CCOC(=O)CCCC=CCC1=C[C@H](O[Si](C)(C)C)CC1=O. The standard InChI is InChI=1S/C17H28O4Si/c1-5-20-17(19)11-9-7-6-8-10-14-12-15(13-16(14)18)21-22(2,3)4/h6,8,12,15H,5,7,9-11,13H2,1-4H3/t15-/m0/s1. The minimum absolute atomic E-state index is 0.0358. The summed E-state index contributed by atoms with van der Waals surface area (Å²) in [4.78, 5) is 23.1. The van der Waals surface area contributed by atoms with Crippen LogP contribution in [0.5, 0.6) is 0 Å². The molecule has 4 nitrogen and oxygen atoms in total. The molecule has 124 valence electrons. The maximum atomic E-state index is 11.9. The summed E-state index contributed by atoms with van der Waals surface area (Å²) in [5, 5.41) is 0. The van der Waals surface area contributed by atoms with E-state index >= 15 is 0 Å². The summed E-state index contributed by atoms with van der Waals surface area (Å²) < 4.78 is 10.8. The Morgan fingerprint density at radius 1 is 1.36 bits per heavy atom. The molecular formula is C17H28O4Si. The van der Waals surface area contributed by atoms with Gasteiger partial charge in [0.25, 0.3) is 0 Å². The van der Waals surface area contributed by atoms with Crippen molar-refractivity contribution in [2.45, 2.75) is 64.8 Å². The van der Waals surface area contributed by atoms with Crippen molar-refractivity contribution in [1.29, 1.82) is 0 Å². The van der Waals surface area contributed by atoms with E-state index in [1.54, 1.807) is 0 Å². The second kappa shape index (κ2) is 9.05. The summed E-state index contributed by atoms with van der Waals surface area (Å²) in [7, 11) is -1.61. The topological polar surface area (TPSA) is 52.6 Å². The highest BCUT2D eigenvalue weighted by Gasteiger charge is 2.27. The molecule has 1 aliphatic carbocycles. The predicted molar refractivity (Wildman–Crippen MR) is 90.2 cm³/mol. The highest BCUT2D eigenvalue weighted by Crippen LogP contribution is 2.23. The van der Waals surface area contributed by atoms with Crippen molar-refractivity contribution in [2.24, 2.45) is 0 Å². The van der Waals surface area contributed by atoms with E-state index in [0.717, 1.165) is 18.4 Å². The Morgan fingerprint density at radius 2 is 2.09 bits per heavy atom. The minimum atomic E-state index is -1.61. The first-order valence-corrected chi connectivity index (χ1v) is 11.4. The number of Topliss-reactive ketones (excluding diaryl/α,β-unsaturated/α-hetero) is 1. The number of esters is 1. The van der Waals surface area contributed by atoms with Crippen LogP contribution in [0.3, 0.4) is 0 Å². The average Bonchev–Trinajstić information content (AvgIpc) is 2.71. The van der Waals surface area contributed by atoms with Crippen molar-refractivity contribution >= 4 is 20.1 Å². The summed E-state index contributed by atoms with van der Waals surface area (Å²) in [6.07, 6.45) is 9.17. The fraction of sp³-hybridized carbons (Fsp3) is 0.647. The molecule has 0 spiro atoms. The van der Waals surface area contributed by atoms with E-state index in [9.17, 15) is 9.59 Å². The van der Waals surface area contributed by atoms with Crippen LogP contribution in [-0.2, 0) is 18.8 Å². The van der Waals surface area contributed by atoms with Crippen LogP contribution in [0.4, 0.5) is 0 Å². The molecule has 0 fully saturated rings. The lowest BCUT2D eigenvalue weighted by Gasteiger charge is -2.21. The van der Waals surface area contributed by atoms with Gasteiger partial charge in [0, 0.05) is 12.8 Å². The predicted octanol–water partition coefficient (Wildman–Crippen LogP) is 3.79. The van der Waals surface area contributed by atoms with E-state index in [1.165, 1.54) is 0 Å². The van der Waals surface area contributed by atoms with E-state index in [0.29, 0.717) is 25.9 Å². The zero-order valence-corrected chi connectivity index (χ0v) is 15.2. The first-order valence-electron chi connectivity index (χ1n) is 8.04. The molecule has 0 radical (unpaired) electrons. The van der Waals surface area contributed by atoms with E-state index < -0.39 is 8.32 Å². The number of hydrogen-bond donors (Lipinski definition) is 0. The van der Waals surface area contributed by atoms with Crippen LogP contribution in [0, 0.1) is 0 Å². The van der Waals surface area contributed by atoms with Crippen LogP contribution in [0.25, 0.3) is 0 Å². The Kier molecular flexibility index (Phi) is 7.75. The molecule has 0 aromatic heterocycles. The first kappa shape index (κ1) is 18.8. The zero-order valence-electron chi connectivity index (χ0n) is 14.2. The molecule has 0 aromatic rings. The molecule has 0 N–H and O–H groups in total. The Hall–Kier alpha value is -1.20. The van der Waals surface area contributed by atoms with Gasteiger partial charge in [0.05, 0.1) is 12.7 Å². The second-order valence-corrected chi connectivity index (χ2v) is 10.9. The number of rotatable bonds is 9. The van der Waals surface area contributed by atoms with Crippen LogP contribution in [0.15, 0.2) is 23.8 Å². The molecule has 0 aliphatic heterocycles. The summed E-state index contributed by atoms with van der Waals surface area (Å²) in [5.41, 5.74) is 0.852. The smallest absolute Gasteiger partial charge is 0.305 e. The molecule has 0 saturated carbocycles. The van der Waals surface area contributed by atoms with Crippen molar-refractivity contribution in [3.05, 3.63) is 23.8 Å². The number of unbranched alkanes of at least 4 members (excludes halogenated alkanes) is 1. The summed E-state index contributed by atoms with van der Waals surface area (Å²) >= 11 is 0. The molecule has 0 unspecified atom stereocenters. The van der Waals surface area contributed by atoms with Gasteiger partial charge in [0.15, 0.2) is 14.1 Å². The van der Waals surface area contributed by atoms with Crippen LogP contribution in [-0.4, -0.2) is 32.8 Å². The van der Waals surface area contributed by atoms with Crippen molar-refractivity contribution in [3.8, 4) is 0 Å². The summed E-state index contributed by atoms with van der Waals surface area (Å²) in [5.74, 6) is 0.0512. The lowest BCUT2D eigenvalue weighted by molar-refractivity contribution is -0.143. The fourth-order valence-corrected chi connectivity index (χ4v) is 3.39. The summed E-state index contributed by atoms with van der Waals surface area (Å²) in [6, 6.07) is 0. The number of allylic oxidation sites excluding steroid dienone is 3. The largest absolute Gasteiger partial charge is 0.466 e. The van der Waals surface area contributed by atoms with Crippen molar-refractivity contribution in [2.75, 3.05) is 6.61 Å². The molecule has 0 heterocycles. The molecule has 5 heteroatoms. The molecule has 1 atom stereocenters. The number of carbonyl (C=O) groups excluding carboxylic acids is 2. The van der Waals surface area contributed by atoms with Crippen LogP contribution < -0.4 is 0 Å². The van der Waals surface area contributed by atoms with Crippen molar-refractivity contribution < 1.29 is 18.8 Å². The third-order valence-corrected chi connectivity index (χ3v) is 4.21. The Balaban J connectivity index is 2.28. The third-order valence-electron chi connectivity index (χ3n) is 3.20. The van der Waals surface area contributed by atoms with Crippen LogP contribution in [0.1, 0.15) is 39.0 Å². The highest BCUT2D eigenvalue weighted by atomic mass is 28.4. The molecule has 0 amide bonds. The minimum Gasteiger partial charge on any atom is -0.466 e. The lowest BCUT2D eigenvalue weighted by atomic mass is 10.1. The Bertz CT molecular complexity index is 446. The molecular weight excluding hydrogens is 296 g/mol. The fourth-order valence-electron chi connectivity index (χ4n) is 2.33. The number of ketones is 1. The van der Waals surface area contributed by atoms with Gasteiger partial charge in [-0.25, -0.2) is 0 Å². The van der Waals surface area contributed by atoms with Crippen LogP contribution >= 0.6 is 0 Å².